The molecule has 0 radical (unpaired) electrons. The molecule has 2 aliphatic heterocycles. The van der Waals surface area contributed by atoms with Gasteiger partial charge in [0.15, 0.2) is 5.71 Å². The molecule has 2 bridgehead atoms. The van der Waals surface area contributed by atoms with E-state index < -0.39 is 35.6 Å². The van der Waals surface area contributed by atoms with Gasteiger partial charge in [-0.15, -0.1) is 0 Å². The van der Waals surface area contributed by atoms with E-state index >= 15 is 0 Å². The van der Waals surface area contributed by atoms with Gasteiger partial charge in [-0.3, -0.25) is 14.5 Å². The number of ether oxygens (including phenoxy) is 1. The van der Waals surface area contributed by atoms with Crippen LogP contribution in [0.1, 0.15) is 18.9 Å². The zero-order valence-electron chi connectivity index (χ0n) is 17.8. The maximum Gasteiger partial charge on any atom is 0.417 e. The smallest absolute Gasteiger partial charge is 0.417 e. The fraction of sp³-hybridized carbons (Fsp3) is 0.571. The van der Waals surface area contributed by atoms with E-state index in [2.05, 4.69) is 15.5 Å². The highest BCUT2D eigenvalue weighted by molar-refractivity contribution is 6.38. The maximum atomic E-state index is 13.2. The molecule has 9 nitrogen and oxygen atoms in total. The Labute approximate surface area is 196 Å². The fourth-order valence-corrected chi connectivity index (χ4v) is 6.02. The number of carbonyl (C=O) groups is 3. The zero-order chi connectivity index (χ0) is 24.4. The van der Waals surface area contributed by atoms with Crippen molar-refractivity contribution in [2.75, 3.05) is 25.0 Å². The fourth-order valence-electron chi connectivity index (χ4n) is 5.79. The minimum atomic E-state index is -4.57. The van der Waals surface area contributed by atoms with Crippen LogP contribution in [0.4, 0.5) is 19.0 Å². The van der Waals surface area contributed by atoms with E-state index in [1.54, 1.807) is 6.92 Å². The van der Waals surface area contributed by atoms with Gasteiger partial charge in [0.2, 0.25) is 11.8 Å². The molecule has 2 saturated carbocycles. The summed E-state index contributed by atoms with van der Waals surface area (Å²) in [4.78, 5) is 48.8. The number of fused-ring (bicyclic) bond motifs is 8. The molecule has 3 heterocycles. The minimum Gasteiger partial charge on any atom is -0.461 e. The molecular weight excluding hydrogens is 481 g/mol. The number of oxime groups is 1. The molecular formula is C21H20ClF3N4O5. The number of likely N-dealkylation sites (tertiary alicyclic amines) is 1. The number of halogens is 4. The molecule has 3 fully saturated rings. The molecule has 0 unspecified atom stereocenters. The van der Waals surface area contributed by atoms with Crippen molar-refractivity contribution < 1.29 is 37.1 Å². The summed E-state index contributed by atoms with van der Waals surface area (Å²) in [5.74, 6) is -3.15. The van der Waals surface area contributed by atoms with Crippen LogP contribution in [-0.2, 0) is 30.1 Å². The van der Waals surface area contributed by atoms with E-state index in [-0.39, 0.29) is 65.8 Å². The number of nitrogens with one attached hydrogen (secondary N) is 1. The maximum absolute atomic E-state index is 13.2. The topological polar surface area (TPSA) is 110 Å². The van der Waals surface area contributed by atoms with Crippen LogP contribution in [0.2, 0.25) is 5.02 Å². The van der Waals surface area contributed by atoms with Gasteiger partial charge < -0.3 is 14.9 Å². The summed E-state index contributed by atoms with van der Waals surface area (Å²) < 4.78 is 43.4. The second kappa shape index (κ2) is 8.10. The van der Waals surface area contributed by atoms with Crippen molar-refractivity contribution in [2.45, 2.75) is 25.6 Å². The molecule has 34 heavy (non-hydrogen) atoms. The Morgan fingerprint density at radius 3 is 2.62 bits per heavy atom. The summed E-state index contributed by atoms with van der Waals surface area (Å²) in [6, 6.07) is 0.757. The highest BCUT2D eigenvalue weighted by atomic mass is 35.5. The van der Waals surface area contributed by atoms with Gasteiger partial charge in [0.25, 0.3) is 0 Å². The molecule has 2 amide bonds. The van der Waals surface area contributed by atoms with Crippen LogP contribution < -0.4 is 5.32 Å². The second-order valence-electron chi connectivity index (χ2n) is 8.71. The summed E-state index contributed by atoms with van der Waals surface area (Å²) in [5, 5.41) is 6.45. The SMILES string of the molecule is CCOC(=O)C1=NO[C@@H]2[C@H]3C[C@@H]([C@H]12)[C@@H]1C(=O)N(CCNc2ncc(C(F)(F)F)cc2Cl)C(=O)[C@H]31. The number of alkyl halides is 3. The van der Waals surface area contributed by atoms with Crippen LogP contribution in [0, 0.1) is 29.6 Å². The van der Waals surface area contributed by atoms with Gasteiger partial charge in [-0.2, -0.15) is 13.2 Å². The number of pyridine rings is 1. The zero-order valence-corrected chi connectivity index (χ0v) is 18.6. The van der Waals surface area contributed by atoms with Gasteiger partial charge in [0, 0.05) is 25.2 Å². The summed E-state index contributed by atoms with van der Waals surface area (Å²) >= 11 is 5.89. The number of aromatic nitrogens is 1. The van der Waals surface area contributed by atoms with Crippen molar-refractivity contribution in [3.05, 3.63) is 22.8 Å². The molecule has 0 aromatic carbocycles. The van der Waals surface area contributed by atoms with Crippen LogP contribution in [0.25, 0.3) is 0 Å². The van der Waals surface area contributed by atoms with Crippen molar-refractivity contribution in [3.8, 4) is 0 Å². The number of hydrogen-bond donors (Lipinski definition) is 1. The van der Waals surface area contributed by atoms with E-state index in [9.17, 15) is 27.6 Å². The molecule has 13 heteroatoms. The summed E-state index contributed by atoms with van der Waals surface area (Å²) in [5.41, 5.74) is -0.809. The van der Waals surface area contributed by atoms with Crippen molar-refractivity contribution in [2.24, 2.45) is 34.7 Å². The molecule has 4 aliphatic rings. The summed E-state index contributed by atoms with van der Waals surface area (Å²) in [7, 11) is 0. The van der Waals surface area contributed by atoms with Crippen LogP contribution in [0.15, 0.2) is 17.4 Å². The summed E-state index contributed by atoms with van der Waals surface area (Å²) in [6.07, 6.45) is -3.75. The third kappa shape index (κ3) is 3.41. The molecule has 1 aromatic rings. The van der Waals surface area contributed by atoms with Crippen molar-refractivity contribution in [1.82, 2.24) is 9.88 Å². The molecule has 1 aromatic heterocycles. The lowest BCUT2D eigenvalue weighted by Gasteiger charge is -2.29. The van der Waals surface area contributed by atoms with Crippen LogP contribution in [0.5, 0.6) is 0 Å². The molecule has 1 N–H and O–H groups in total. The van der Waals surface area contributed by atoms with Crippen LogP contribution >= 0.6 is 11.6 Å². The molecule has 2 aliphatic carbocycles. The number of nitrogens with zero attached hydrogens (tertiary/aromatic N) is 3. The lowest BCUT2D eigenvalue weighted by molar-refractivity contribution is -0.141. The lowest BCUT2D eigenvalue weighted by Crippen LogP contribution is -2.42. The Kier molecular flexibility index (Phi) is 5.45. The number of rotatable bonds is 6. The van der Waals surface area contributed by atoms with E-state index in [0.717, 1.165) is 11.0 Å². The number of carbonyl (C=O) groups excluding carboxylic acids is 3. The van der Waals surface area contributed by atoms with Crippen LogP contribution in [0.3, 0.4) is 0 Å². The first kappa shape index (κ1) is 22.9. The Morgan fingerprint density at radius 2 is 1.97 bits per heavy atom. The Balaban J connectivity index is 1.25. The van der Waals surface area contributed by atoms with Crippen molar-refractivity contribution in [1.29, 1.82) is 0 Å². The predicted molar refractivity (Wildman–Crippen MR) is 110 cm³/mol. The van der Waals surface area contributed by atoms with E-state index in [4.69, 9.17) is 21.2 Å². The molecule has 1 saturated heterocycles. The molecule has 0 spiro atoms. The summed E-state index contributed by atoms with van der Waals surface area (Å²) in [6.45, 7) is 1.92. The van der Waals surface area contributed by atoms with E-state index in [1.165, 1.54) is 0 Å². The van der Waals surface area contributed by atoms with E-state index in [0.29, 0.717) is 12.6 Å². The van der Waals surface area contributed by atoms with Crippen molar-refractivity contribution in [3.63, 3.8) is 0 Å². The Bertz CT molecular complexity index is 1100. The first-order valence-electron chi connectivity index (χ1n) is 10.9. The first-order valence-corrected chi connectivity index (χ1v) is 11.2. The third-order valence-corrected chi connectivity index (χ3v) is 7.35. The highest BCUT2D eigenvalue weighted by Crippen LogP contribution is 2.61. The normalized spacial score (nSPS) is 31.3. The quantitative estimate of drug-likeness (QED) is 0.471. The molecule has 182 valence electrons. The van der Waals surface area contributed by atoms with Gasteiger partial charge in [-0.05, 0) is 25.3 Å². The third-order valence-electron chi connectivity index (χ3n) is 7.06. The predicted octanol–water partition coefficient (Wildman–Crippen LogP) is 2.35. The lowest BCUT2D eigenvalue weighted by atomic mass is 9.72. The molecule has 6 atom stereocenters. The minimum absolute atomic E-state index is 0.00183. The monoisotopic (exact) mass is 500 g/mol. The van der Waals surface area contributed by atoms with Gasteiger partial charge in [-0.25, -0.2) is 9.78 Å². The number of esters is 1. The van der Waals surface area contributed by atoms with Gasteiger partial charge in [0.05, 0.1) is 34.9 Å². The van der Waals surface area contributed by atoms with Gasteiger partial charge in [-0.1, -0.05) is 16.8 Å². The molecule has 5 rings (SSSR count). The van der Waals surface area contributed by atoms with Crippen molar-refractivity contribution >= 4 is 40.9 Å². The average molecular weight is 501 g/mol. The number of imide groups is 1. The number of amides is 2. The highest BCUT2D eigenvalue weighted by Gasteiger charge is 2.70. The van der Waals surface area contributed by atoms with Crippen LogP contribution in [-0.4, -0.2) is 59.2 Å². The second-order valence-corrected chi connectivity index (χ2v) is 9.12. The number of hydrogen-bond acceptors (Lipinski definition) is 8. The standard InChI is InChI=1S/C21H20ClF3N4O5/c1-2-33-20(32)15-14-9-6-10(16(14)34-28-15)13-12(9)18(30)29(19(13)31)4-3-26-17-11(22)5-8(7-27-17)21(23,24)25/h5,7,9-10,12-14,16H,2-4,6H2,1H3,(H,26,27)/t9-,10+,12+,13-,14-,16-/m1/s1. The Morgan fingerprint density at radius 1 is 1.26 bits per heavy atom. The van der Waals surface area contributed by atoms with Gasteiger partial charge in [0.1, 0.15) is 11.9 Å². The number of anilines is 1. The Hall–Kier alpha value is -2.89. The van der Waals surface area contributed by atoms with Gasteiger partial charge >= 0.3 is 12.1 Å². The first-order chi connectivity index (χ1) is 16.1. The largest absolute Gasteiger partial charge is 0.461 e. The van der Waals surface area contributed by atoms with E-state index in [1.807, 2.05) is 0 Å². The average Bonchev–Trinajstić information content (AvgIpc) is 3.50.